The molecule has 6 heteroatoms. The normalized spacial score (nSPS) is 16.0. The molecule has 0 bridgehead atoms. The Morgan fingerprint density at radius 3 is 2.37 bits per heavy atom. The van der Waals surface area contributed by atoms with E-state index in [1.807, 2.05) is 7.05 Å². The van der Waals surface area contributed by atoms with E-state index in [0.717, 1.165) is 51.5 Å². The predicted octanol–water partition coefficient (Wildman–Crippen LogP) is 3.51. The average molecular weight is 488 g/mol. The van der Waals surface area contributed by atoms with Crippen LogP contribution in [0.15, 0.2) is 29.3 Å². The summed E-state index contributed by atoms with van der Waals surface area (Å²) in [5, 5.41) is 16.4. The summed E-state index contributed by atoms with van der Waals surface area (Å²) < 4.78 is 0. The molecule has 0 unspecified atom stereocenters. The number of piperidine rings is 1. The lowest BCUT2D eigenvalue weighted by Gasteiger charge is -2.29. The second kappa shape index (κ2) is 14.2. The van der Waals surface area contributed by atoms with E-state index in [1.165, 1.54) is 36.8 Å². The smallest absolute Gasteiger partial charge is 0.191 e. The van der Waals surface area contributed by atoms with Crippen LogP contribution >= 0.6 is 24.0 Å². The number of hydrogen-bond acceptors (Lipinski definition) is 3. The highest BCUT2D eigenvalue weighted by Gasteiger charge is 2.16. The predicted molar refractivity (Wildman–Crippen MR) is 125 cm³/mol. The van der Waals surface area contributed by atoms with Crippen LogP contribution in [0.4, 0.5) is 0 Å². The third kappa shape index (κ3) is 9.76. The van der Waals surface area contributed by atoms with Crippen molar-refractivity contribution in [3.05, 3.63) is 35.4 Å². The molecular formula is C21H37IN4O. The van der Waals surface area contributed by atoms with Gasteiger partial charge in [-0.1, -0.05) is 50.5 Å². The summed E-state index contributed by atoms with van der Waals surface area (Å²) in [5.74, 6) is 0.873. The summed E-state index contributed by atoms with van der Waals surface area (Å²) in [6.07, 6.45) is 6.73. The molecule has 5 nitrogen and oxygen atoms in total. The average Bonchev–Trinajstić information content (AvgIpc) is 2.67. The number of nitrogens with zero attached hydrogens (tertiary/aromatic N) is 2. The van der Waals surface area contributed by atoms with E-state index in [2.05, 4.69) is 51.7 Å². The zero-order valence-corrected chi connectivity index (χ0v) is 19.2. The molecular weight excluding hydrogens is 451 g/mol. The van der Waals surface area contributed by atoms with E-state index in [-0.39, 0.29) is 30.1 Å². The van der Waals surface area contributed by atoms with Gasteiger partial charge in [0.1, 0.15) is 0 Å². The summed E-state index contributed by atoms with van der Waals surface area (Å²) in [4.78, 5) is 6.71. The number of aliphatic imine (C=N–C) groups is 1. The second-order valence-electron chi connectivity index (χ2n) is 7.24. The standard InChI is InChI=1S/C21H36N4O.HI/c1-3-4-5-6-13-23-21(22-2)24-16-18-7-9-19(10-8-18)17-25-14-11-20(26)12-15-25;/h7-10,20,26H,3-6,11-17H2,1-2H3,(H2,22,23,24);1H. The van der Waals surface area contributed by atoms with Crippen LogP contribution < -0.4 is 10.6 Å². The highest BCUT2D eigenvalue weighted by atomic mass is 127. The van der Waals surface area contributed by atoms with Crippen LogP contribution in [0.3, 0.4) is 0 Å². The number of rotatable bonds is 9. The summed E-state index contributed by atoms with van der Waals surface area (Å²) in [6.45, 7) is 6.95. The lowest BCUT2D eigenvalue weighted by atomic mass is 10.1. The molecule has 1 fully saturated rings. The highest BCUT2D eigenvalue weighted by Crippen LogP contribution is 2.14. The first-order valence-electron chi connectivity index (χ1n) is 10.1. The number of guanidine groups is 1. The fourth-order valence-electron chi connectivity index (χ4n) is 3.26. The van der Waals surface area contributed by atoms with Crippen LogP contribution in [0.1, 0.15) is 56.6 Å². The molecule has 1 aromatic rings. The Balaban J connectivity index is 0.00000364. The highest BCUT2D eigenvalue weighted by molar-refractivity contribution is 14.0. The Kier molecular flexibility index (Phi) is 12.7. The second-order valence-corrected chi connectivity index (χ2v) is 7.24. The largest absolute Gasteiger partial charge is 0.393 e. The van der Waals surface area contributed by atoms with E-state index in [4.69, 9.17) is 0 Å². The van der Waals surface area contributed by atoms with Crippen molar-refractivity contribution in [2.45, 2.75) is 64.6 Å². The van der Waals surface area contributed by atoms with Crippen LogP contribution in [-0.4, -0.2) is 48.8 Å². The van der Waals surface area contributed by atoms with Gasteiger partial charge >= 0.3 is 0 Å². The van der Waals surface area contributed by atoms with Crippen LogP contribution in [0.5, 0.6) is 0 Å². The van der Waals surface area contributed by atoms with Crippen molar-refractivity contribution in [3.63, 3.8) is 0 Å². The molecule has 3 N–H and O–H groups in total. The van der Waals surface area contributed by atoms with Gasteiger partial charge in [0.2, 0.25) is 0 Å². The molecule has 1 aliphatic rings. The minimum absolute atomic E-state index is 0. The quantitative estimate of drug-likeness (QED) is 0.216. The minimum atomic E-state index is -0.102. The number of halogens is 1. The zero-order chi connectivity index (χ0) is 18.6. The van der Waals surface area contributed by atoms with Crippen molar-refractivity contribution in [1.29, 1.82) is 0 Å². The number of unbranched alkanes of at least 4 members (excludes halogenated alkanes) is 3. The van der Waals surface area contributed by atoms with Crippen molar-refractivity contribution in [3.8, 4) is 0 Å². The van der Waals surface area contributed by atoms with E-state index >= 15 is 0 Å². The lowest BCUT2D eigenvalue weighted by Crippen LogP contribution is -2.37. The van der Waals surface area contributed by atoms with Crippen LogP contribution in [-0.2, 0) is 13.1 Å². The van der Waals surface area contributed by atoms with Gasteiger partial charge in [0, 0.05) is 39.8 Å². The molecule has 154 valence electrons. The molecule has 0 aliphatic carbocycles. The van der Waals surface area contributed by atoms with Gasteiger partial charge < -0.3 is 15.7 Å². The van der Waals surface area contributed by atoms with Gasteiger partial charge in [-0.3, -0.25) is 9.89 Å². The maximum absolute atomic E-state index is 9.60. The van der Waals surface area contributed by atoms with Gasteiger partial charge in [-0.05, 0) is 30.4 Å². The van der Waals surface area contributed by atoms with Crippen molar-refractivity contribution in [2.75, 3.05) is 26.7 Å². The topological polar surface area (TPSA) is 59.9 Å². The van der Waals surface area contributed by atoms with Gasteiger partial charge in [0.25, 0.3) is 0 Å². The van der Waals surface area contributed by atoms with Crippen molar-refractivity contribution in [1.82, 2.24) is 15.5 Å². The Labute approximate surface area is 182 Å². The summed E-state index contributed by atoms with van der Waals surface area (Å²) in [6, 6.07) is 8.80. The van der Waals surface area contributed by atoms with Gasteiger partial charge in [-0.15, -0.1) is 24.0 Å². The summed E-state index contributed by atoms with van der Waals surface area (Å²) in [7, 11) is 1.82. The molecule has 1 heterocycles. The lowest BCUT2D eigenvalue weighted by molar-refractivity contribution is 0.0792. The fraction of sp³-hybridized carbons (Fsp3) is 0.667. The van der Waals surface area contributed by atoms with E-state index in [1.54, 1.807) is 0 Å². The summed E-state index contributed by atoms with van der Waals surface area (Å²) in [5.41, 5.74) is 2.60. The van der Waals surface area contributed by atoms with Crippen molar-refractivity contribution >= 4 is 29.9 Å². The monoisotopic (exact) mass is 488 g/mol. The SMILES string of the molecule is CCCCCCNC(=NC)NCc1ccc(CN2CCC(O)CC2)cc1.I. The number of nitrogens with one attached hydrogen (secondary N) is 2. The Bertz CT molecular complexity index is 527. The summed E-state index contributed by atoms with van der Waals surface area (Å²) >= 11 is 0. The van der Waals surface area contributed by atoms with Crippen molar-refractivity contribution in [2.24, 2.45) is 4.99 Å². The fourth-order valence-corrected chi connectivity index (χ4v) is 3.26. The molecule has 1 aliphatic heterocycles. The first-order chi connectivity index (χ1) is 12.7. The van der Waals surface area contributed by atoms with Gasteiger partial charge in [-0.25, -0.2) is 0 Å². The van der Waals surface area contributed by atoms with E-state index < -0.39 is 0 Å². The third-order valence-electron chi connectivity index (χ3n) is 4.99. The van der Waals surface area contributed by atoms with Crippen LogP contribution in [0.25, 0.3) is 0 Å². The number of hydrogen-bond donors (Lipinski definition) is 3. The van der Waals surface area contributed by atoms with E-state index in [9.17, 15) is 5.11 Å². The number of likely N-dealkylation sites (tertiary alicyclic amines) is 1. The zero-order valence-electron chi connectivity index (χ0n) is 16.9. The molecule has 1 saturated heterocycles. The Morgan fingerprint density at radius 2 is 1.74 bits per heavy atom. The molecule has 2 rings (SSSR count). The maximum atomic E-state index is 9.60. The Morgan fingerprint density at radius 1 is 1.07 bits per heavy atom. The molecule has 1 aromatic carbocycles. The molecule has 0 spiro atoms. The maximum Gasteiger partial charge on any atom is 0.191 e. The molecule has 0 atom stereocenters. The van der Waals surface area contributed by atoms with Crippen LogP contribution in [0, 0.1) is 0 Å². The van der Waals surface area contributed by atoms with Crippen molar-refractivity contribution < 1.29 is 5.11 Å². The van der Waals surface area contributed by atoms with Gasteiger partial charge in [-0.2, -0.15) is 0 Å². The van der Waals surface area contributed by atoms with Gasteiger partial charge in [0.05, 0.1) is 6.10 Å². The van der Waals surface area contributed by atoms with Crippen LogP contribution in [0.2, 0.25) is 0 Å². The number of benzene rings is 1. The molecule has 0 aromatic heterocycles. The van der Waals surface area contributed by atoms with E-state index in [0.29, 0.717) is 0 Å². The Hall–Kier alpha value is -0.860. The third-order valence-corrected chi connectivity index (χ3v) is 4.99. The number of aliphatic hydroxyl groups excluding tert-OH is 1. The molecule has 0 saturated carbocycles. The first kappa shape index (κ1) is 24.2. The molecule has 27 heavy (non-hydrogen) atoms. The first-order valence-corrected chi connectivity index (χ1v) is 10.1. The molecule has 0 amide bonds. The minimum Gasteiger partial charge on any atom is -0.393 e. The molecule has 0 radical (unpaired) electrons. The number of aliphatic hydroxyl groups is 1. The van der Waals surface area contributed by atoms with Gasteiger partial charge in [0.15, 0.2) is 5.96 Å².